The summed E-state index contributed by atoms with van der Waals surface area (Å²) in [4.78, 5) is 25.3. The van der Waals surface area contributed by atoms with E-state index in [9.17, 15) is 9.59 Å². The molecule has 1 heterocycles. The highest BCUT2D eigenvalue weighted by Gasteiger charge is 2.34. The maximum Gasteiger partial charge on any atom is 0.305 e. The third kappa shape index (κ3) is 9.53. The van der Waals surface area contributed by atoms with Gasteiger partial charge in [-0.2, -0.15) is 0 Å². The summed E-state index contributed by atoms with van der Waals surface area (Å²) < 4.78 is 10.4. The molecule has 4 nitrogen and oxygen atoms in total. The van der Waals surface area contributed by atoms with Crippen molar-refractivity contribution in [1.82, 2.24) is 0 Å². The number of carbonyl (C=O) groups is 2. The van der Waals surface area contributed by atoms with Gasteiger partial charge >= 0.3 is 5.97 Å². The number of hydrogen-bond acceptors (Lipinski definition) is 4. The molecule has 0 bridgehead atoms. The number of ether oxygens (including phenoxy) is 2. The molecule has 4 atom stereocenters. The van der Waals surface area contributed by atoms with Crippen LogP contribution in [0.5, 0.6) is 0 Å². The first-order chi connectivity index (χ1) is 17.9. The van der Waals surface area contributed by atoms with Gasteiger partial charge in [0, 0.05) is 32.0 Å². The molecule has 0 aromatic heterocycles. The fraction of sp³-hybridized carbons (Fsp3) is 0.758. The van der Waals surface area contributed by atoms with Crippen molar-refractivity contribution < 1.29 is 19.1 Å². The standard InChI is InChI=1S/C33H52O4/c1-5-9-27(21-26-16-18-37-19-17-26)22-32(34)29-11-8-10-28(23-29)30(12-6-7-13-33(35)36-4)31-20-24(2)14-15-25(31)3/h14-15,20,26-30H,5-13,16-19,21-23H2,1-4H3. The van der Waals surface area contributed by atoms with Crippen LogP contribution >= 0.6 is 0 Å². The highest BCUT2D eigenvalue weighted by atomic mass is 16.5. The Balaban J connectivity index is 1.66. The molecule has 4 heteroatoms. The van der Waals surface area contributed by atoms with Gasteiger partial charge in [0.25, 0.3) is 0 Å². The second-order valence-corrected chi connectivity index (χ2v) is 12.0. The molecule has 1 saturated heterocycles. The lowest BCUT2D eigenvalue weighted by Crippen LogP contribution is -2.29. The van der Waals surface area contributed by atoms with Crippen LogP contribution in [0.15, 0.2) is 18.2 Å². The van der Waals surface area contributed by atoms with Crippen molar-refractivity contribution in [2.45, 2.75) is 117 Å². The lowest BCUT2D eigenvalue weighted by Gasteiger charge is -2.36. The van der Waals surface area contributed by atoms with E-state index in [0.29, 0.717) is 30.0 Å². The molecule has 0 spiro atoms. The summed E-state index contributed by atoms with van der Waals surface area (Å²) in [6.45, 7) is 8.44. The van der Waals surface area contributed by atoms with Crippen molar-refractivity contribution in [3.05, 3.63) is 34.9 Å². The third-order valence-corrected chi connectivity index (χ3v) is 9.14. The Morgan fingerprint density at radius 1 is 1.05 bits per heavy atom. The monoisotopic (exact) mass is 512 g/mol. The van der Waals surface area contributed by atoms with Crippen molar-refractivity contribution >= 4 is 11.8 Å². The van der Waals surface area contributed by atoms with E-state index >= 15 is 0 Å². The summed E-state index contributed by atoms with van der Waals surface area (Å²) in [6, 6.07) is 6.83. The predicted octanol–water partition coefficient (Wildman–Crippen LogP) is 8.12. The topological polar surface area (TPSA) is 52.6 Å². The zero-order valence-electron chi connectivity index (χ0n) is 24.1. The fourth-order valence-corrected chi connectivity index (χ4v) is 7.04. The first-order valence-corrected chi connectivity index (χ1v) is 15.2. The largest absolute Gasteiger partial charge is 0.469 e. The van der Waals surface area contributed by atoms with Crippen LogP contribution in [0.3, 0.4) is 0 Å². The van der Waals surface area contributed by atoms with E-state index in [1.807, 2.05) is 0 Å². The molecule has 0 amide bonds. The normalized spacial score (nSPS) is 22.4. The van der Waals surface area contributed by atoms with E-state index in [-0.39, 0.29) is 11.9 Å². The number of unbranched alkanes of at least 4 members (excludes halogenated alkanes) is 1. The third-order valence-electron chi connectivity index (χ3n) is 9.14. The molecule has 4 unspecified atom stereocenters. The Labute approximate surface area is 226 Å². The molecule has 2 aliphatic rings. The molecule has 1 aromatic carbocycles. The van der Waals surface area contributed by atoms with E-state index in [0.717, 1.165) is 83.3 Å². The lowest BCUT2D eigenvalue weighted by molar-refractivity contribution is -0.140. The Morgan fingerprint density at radius 2 is 1.84 bits per heavy atom. The Hall–Kier alpha value is -1.68. The molecule has 2 fully saturated rings. The predicted molar refractivity (Wildman–Crippen MR) is 151 cm³/mol. The van der Waals surface area contributed by atoms with Crippen LogP contribution < -0.4 is 0 Å². The van der Waals surface area contributed by atoms with Crippen LogP contribution in [0.25, 0.3) is 0 Å². The molecule has 3 rings (SSSR count). The molecular formula is C33H52O4. The number of carbonyl (C=O) groups excluding carboxylic acids is 2. The van der Waals surface area contributed by atoms with Gasteiger partial charge in [-0.25, -0.2) is 0 Å². The van der Waals surface area contributed by atoms with Gasteiger partial charge in [-0.3, -0.25) is 9.59 Å². The summed E-state index contributed by atoms with van der Waals surface area (Å²) in [6.07, 6.45) is 14.5. The number of ketones is 1. The van der Waals surface area contributed by atoms with Crippen molar-refractivity contribution in [2.75, 3.05) is 20.3 Å². The number of rotatable bonds is 14. The van der Waals surface area contributed by atoms with E-state index in [1.165, 1.54) is 43.1 Å². The molecular weight excluding hydrogens is 460 g/mol. The first-order valence-electron chi connectivity index (χ1n) is 15.2. The quantitative estimate of drug-likeness (QED) is 0.187. The number of esters is 1. The van der Waals surface area contributed by atoms with Gasteiger partial charge in [-0.05, 0) is 100 Å². The highest BCUT2D eigenvalue weighted by Crippen LogP contribution is 2.43. The Morgan fingerprint density at radius 3 is 2.57 bits per heavy atom. The zero-order valence-corrected chi connectivity index (χ0v) is 24.1. The summed E-state index contributed by atoms with van der Waals surface area (Å²) in [5.41, 5.74) is 4.12. The van der Waals surface area contributed by atoms with E-state index in [4.69, 9.17) is 9.47 Å². The van der Waals surface area contributed by atoms with Gasteiger partial charge in [0.2, 0.25) is 0 Å². The molecule has 208 valence electrons. The second-order valence-electron chi connectivity index (χ2n) is 12.0. The molecule has 1 aromatic rings. The number of benzene rings is 1. The molecule has 0 N–H and O–H groups in total. The molecule has 0 radical (unpaired) electrons. The second kappa shape index (κ2) is 15.7. The minimum absolute atomic E-state index is 0.117. The van der Waals surface area contributed by atoms with Crippen LogP contribution in [0.1, 0.15) is 119 Å². The smallest absolute Gasteiger partial charge is 0.305 e. The lowest BCUT2D eigenvalue weighted by atomic mass is 9.68. The maximum atomic E-state index is 13.6. The Bertz CT molecular complexity index is 841. The number of Topliss-reactive ketones (excluding diaryl/α,β-unsaturated/α-hetero) is 1. The SMILES string of the molecule is CCCC(CC(=O)C1CCCC(C(CCCCC(=O)OC)c2cc(C)ccc2C)C1)CC1CCOCC1. The van der Waals surface area contributed by atoms with E-state index in [2.05, 4.69) is 39.0 Å². The van der Waals surface area contributed by atoms with Gasteiger partial charge < -0.3 is 9.47 Å². The molecule has 37 heavy (non-hydrogen) atoms. The zero-order chi connectivity index (χ0) is 26.6. The van der Waals surface area contributed by atoms with Crippen LogP contribution in [0.2, 0.25) is 0 Å². The van der Waals surface area contributed by atoms with Gasteiger partial charge in [0.1, 0.15) is 5.78 Å². The van der Waals surface area contributed by atoms with Gasteiger partial charge in [0.05, 0.1) is 7.11 Å². The number of aryl methyl sites for hydroxylation is 2. The average molecular weight is 513 g/mol. The van der Waals surface area contributed by atoms with Gasteiger partial charge in [0.15, 0.2) is 0 Å². The van der Waals surface area contributed by atoms with Crippen LogP contribution in [-0.4, -0.2) is 32.1 Å². The van der Waals surface area contributed by atoms with Gasteiger partial charge in [-0.1, -0.05) is 56.4 Å². The first kappa shape index (κ1) is 29.9. The minimum Gasteiger partial charge on any atom is -0.469 e. The molecule has 1 aliphatic carbocycles. The molecule has 1 aliphatic heterocycles. The maximum absolute atomic E-state index is 13.6. The Kier molecular flexibility index (Phi) is 12.6. The fourth-order valence-electron chi connectivity index (χ4n) is 7.04. The average Bonchev–Trinajstić information content (AvgIpc) is 2.91. The summed E-state index contributed by atoms with van der Waals surface area (Å²) in [5, 5.41) is 0. The highest BCUT2D eigenvalue weighted by molar-refractivity contribution is 5.81. The van der Waals surface area contributed by atoms with Crippen LogP contribution in [0, 0.1) is 37.5 Å². The van der Waals surface area contributed by atoms with Crippen molar-refractivity contribution in [2.24, 2.45) is 23.7 Å². The summed E-state index contributed by atoms with van der Waals surface area (Å²) in [7, 11) is 1.47. The summed E-state index contributed by atoms with van der Waals surface area (Å²) >= 11 is 0. The van der Waals surface area contributed by atoms with Crippen molar-refractivity contribution in [3.63, 3.8) is 0 Å². The minimum atomic E-state index is -0.117. The number of methoxy groups -OCH3 is 1. The van der Waals surface area contributed by atoms with Crippen LogP contribution in [0.4, 0.5) is 0 Å². The van der Waals surface area contributed by atoms with Crippen molar-refractivity contribution in [1.29, 1.82) is 0 Å². The van der Waals surface area contributed by atoms with Crippen molar-refractivity contribution in [3.8, 4) is 0 Å². The molecule has 1 saturated carbocycles. The van der Waals surface area contributed by atoms with E-state index in [1.54, 1.807) is 0 Å². The van der Waals surface area contributed by atoms with Gasteiger partial charge in [-0.15, -0.1) is 0 Å². The summed E-state index contributed by atoms with van der Waals surface area (Å²) in [5.74, 6) is 2.90. The number of hydrogen-bond donors (Lipinski definition) is 0. The van der Waals surface area contributed by atoms with Crippen LogP contribution in [-0.2, 0) is 19.1 Å². The van der Waals surface area contributed by atoms with E-state index < -0.39 is 0 Å².